The lowest BCUT2D eigenvalue weighted by atomic mass is 10.2. The van der Waals surface area contributed by atoms with Crippen molar-refractivity contribution >= 4 is 63.8 Å². The minimum absolute atomic E-state index is 0.132. The van der Waals surface area contributed by atoms with Crippen molar-refractivity contribution in [1.82, 2.24) is 4.90 Å². The summed E-state index contributed by atoms with van der Waals surface area (Å²) in [6.07, 6.45) is 1.65. The van der Waals surface area contributed by atoms with Crippen molar-refractivity contribution in [2.45, 2.75) is 6.92 Å². The van der Waals surface area contributed by atoms with Gasteiger partial charge in [0.1, 0.15) is 0 Å². The van der Waals surface area contributed by atoms with Crippen LogP contribution in [0, 0.1) is 0 Å². The molecular weight excluding hydrogens is 407 g/mol. The van der Waals surface area contributed by atoms with Crippen molar-refractivity contribution in [1.29, 1.82) is 0 Å². The van der Waals surface area contributed by atoms with Gasteiger partial charge in [-0.25, -0.2) is 9.79 Å². The Morgan fingerprint density at radius 3 is 2.52 bits per heavy atom. The topological polar surface area (TPSA) is 70.0 Å². The summed E-state index contributed by atoms with van der Waals surface area (Å²) in [6, 6.07) is 11.4. The number of amidine groups is 1. The average molecular weight is 421 g/mol. The van der Waals surface area contributed by atoms with E-state index in [1.807, 2.05) is 6.92 Å². The number of rotatable bonds is 4. The standard InChI is InChI=1S/C19H14Cl2N2O3S/c1-2-23-17(24)16(10-13-14(20)7-4-8-15(13)21)27-19(23)22-12-6-3-5-11(9-12)18(25)26/h3-10H,2H2,1H3,(H,25,26)/b16-10-,22-19?. The molecule has 2 aromatic carbocycles. The molecule has 1 heterocycles. The molecule has 5 nitrogen and oxygen atoms in total. The molecule has 0 bridgehead atoms. The third-order valence-electron chi connectivity index (χ3n) is 3.80. The first-order valence-electron chi connectivity index (χ1n) is 7.98. The van der Waals surface area contributed by atoms with Crippen LogP contribution in [0.15, 0.2) is 52.4 Å². The Morgan fingerprint density at radius 1 is 1.22 bits per heavy atom. The molecule has 1 fully saturated rings. The lowest BCUT2D eigenvalue weighted by Gasteiger charge is -2.12. The maximum atomic E-state index is 12.7. The zero-order valence-corrected chi connectivity index (χ0v) is 16.5. The van der Waals surface area contributed by atoms with Crippen molar-refractivity contribution in [3.05, 3.63) is 68.5 Å². The first kappa shape index (κ1) is 19.5. The summed E-state index contributed by atoms with van der Waals surface area (Å²) in [4.78, 5) is 30.3. The van der Waals surface area contributed by atoms with Gasteiger partial charge in [0.2, 0.25) is 0 Å². The highest BCUT2D eigenvalue weighted by Gasteiger charge is 2.32. The number of hydrogen-bond donors (Lipinski definition) is 1. The number of carbonyl (C=O) groups is 2. The molecule has 0 aromatic heterocycles. The molecule has 1 amide bonds. The Kier molecular flexibility index (Phi) is 5.89. The molecule has 1 aliphatic heterocycles. The number of carboxylic acids is 1. The minimum Gasteiger partial charge on any atom is -0.478 e. The summed E-state index contributed by atoms with van der Waals surface area (Å²) >= 11 is 13.6. The molecule has 2 aromatic rings. The number of hydrogen-bond acceptors (Lipinski definition) is 4. The van der Waals surface area contributed by atoms with E-state index in [9.17, 15) is 9.59 Å². The minimum atomic E-state index is -1.03. The highest BCUT2D eigenvalue weighted by atomic mass is 35.5. The van der Waals surface area contributed by atoms with Crippen LogP contribution in [-0.4, -0.2) is 33.6 Å². The molecule has 0 saturated carbocycles. The molecule has 0 aliphatic carbocycles. The molecule has 0 unspecified atom stereocenters. The number of thioether (sulfide) groups is 1. The summed E-state index contributed by atoms with van der Waals surface area (Å²) < 4.78 is 0. The summed E-state index contributed by atoms with van der Waals surface area (Å²) in [5.41, 5.74) is 1.16. The number of amides is 1. The van der Waals surface area contributed by atoms with Gasteiger partial charge in [-0.15, -0.1) is 0 Å². The maximum absolute atomic E-state index is 12.7. The van der Waals surface area contributed by atoms with Gasteiger partial charge in [0, 0.05) is 22.2 Å². The molecule has 0 radical (unpaired) electrons. The van der Waals surface area contributed by atoms with Crippen LogP contribution in [0.3, 0.4) is 0 Å². The van der Waals surface area contributed by atoms with E-state index in [0.29, 0.717) is 37.9 Å². The predicted molar refractivity (Wildman–Crippen MR) is 110 cm³/mol. The second kappa shape index (κ2) is 8.17. The SMILES string of the molecule is CCN1C(=O)/C(=C/c2c(Cl)cccc2Cl)SC1=Nc1cccc(C(=O)O)c1. The maximum Gasteiger partial charge on any atom is 0.335 e. The van der Waals surface area contributed by atoms with Gasteiger partial charge >= 0.3 is 5.97 Å². The second-order valence-electron chi connectivity index (χ2n) is 5.55. The number of aliphatic imine (C=N–C) groups is 1. The first-order chi connectivity index (χ1) is 12.9. The molecule has 27 heavy (non-hydrogen) atoms. The first-order valence-corrected chi connectivity index (χ1v) is 9.55. The highest BCUT2D eigenvalue weighted by molar-refractivity contribution is 8.18. The second-order valence-corrected chi connectivity index (χ2v) is 7.37. The van der Waals surface area contributed by atoms with Crippen LogP contribution < -0.4 is 0 Å². The van der Waals surface area contributed by atoms with Crippen molar-refractivity contribution < 1.29 is 14.7 Å². The van der Waals surface area contributed by atoms with Crippen LogP contribution in [-0.2, 0) is 4.79 Å². The van der Waals surface area contributed by atoms with E-state index in [0.717, 1.165) is 0 Å². The zero-order chi connectivity index (χ0) is 19.6. The molecule has 0 atom stereocenters. The number of benzene rings is 2. The fraction of sp³-hybridized carbons (Fsp3) is 0.105. The summed E-state index contributed by atoms with van der Waals surface area (Å²) in [6.45, 7) is 2.27. The number of nitrogens with zero attached hydrogens (tertiary/aromatic N) is 2. The van der Waals surface area contributed by atoms with Crippen LogP contribution in [0.4, 0.5) is 5.69 Å². The van der Waals surface area contributed by atoms with Gasteiger partial charge in [-0.3, -0.25) is 9.69 Å². The number of aromatic carboxylic acids is 1. The Labute approximate surface area is 170 Å². The third kappa shape index (κ3) is 4.18. The molecule has 3 rings (SSSR count). The Balaban J connectivity index is 1.99. The normalized spacial score (nSPS) is 17.1. The predicted octanol–water partition coefficient (Wildman–Crippen LogP) is 5.32. The zero-order valence-electron chi connectivity index (χ0n) is 14.1. The Hall–Kier alpha value is -2.28. The Bertz CT molecular complexity index is 968. The van der Waals surface area contributed by atoms with Gasteiger partial charge in [-0.2, -0.15) is 0 Å². The summed E-state index contributed by atoms with van der Waals surface area (Å²) in [5, 5.41) is 10.5. The van der Waals surface area contributed by atoms with E-state index in [1.54, 1.807) is 36.4 Å². The average Bonchev–Trinajstić information content (AvgIpc) is 2.93. The van der Waals surface area contributed by atoms with E-state index < -0.39 is 5.97 Å². The van der Waals surface area contributed by atoms with Gasteiger partial charge in [0.25, 0.3) is 5.91 Å². The van der Waals surface area contributed by atoms with Gasteiger partial charge in [-0.05, 0) is 55.1 Å². The van der Waals surface area contributed by atoms with Gasteiger partial charge in [0.05, 0.1) is 16.2 Å². The molecule has 0 spiro atoms. The molecule has 138 valence electrons. The lowest BCUT2D eigenvalue weighted by Crippen LogP contribution is -2.28. The van der Waals surface area contributed by atoms with Crippen molar-refractivity contribution in [3.8, 4) is 0 Å². The monoisotopic (exact) mass is 420 g/mol. The lowest BCUT2D eigenvalue weighted by molar-refractivity contribution is -0.122. The van der Waals surface area contributed by atoms with E-state index in [2.05, 4.69) is 4.99 Å². The van der Waals surface area contributed by atoms with Crippen LogP contribution in [0.2, 0.25) is 10.0 Å². The van der Waals surface area contributed by atoms with Gasteiger partial charge in [-0.1, -0.05) is 35.3 Å². The summed E-state index contributed by atoms with van der Waals surface area (Å²) in [7, 11) is 0. The van der Waals surface area contributed by atoms with Crippen molar-refractivity contribution in [2.75, 3.05) is 6.54 Å². The fourth-order valence-electron chi connectivity index (χ4n) is 2.47. The molecule has 1 aliphatic rings. The van der Waals surface area contributed by atoms with Gasteiger partial charge in [0.15, 0.2) is 5.17 Å². The van der Waals surface area contributed by atoms with E-state index in [-0.39, 0.29) is 11.5 Å². The highest BCUT2D eigenvalue weighted by Crippen LogP contribution is 2.36. The number of carboxylic acid groups (broad SMARTS) is 1. The van der Waals surface area contributed by atoms with Gasteiger partial charge < -0.3 is 5.11 Å². The fourth-order valence-corrected chi connectivity index (χ4v) is 4.02. The van der Waals surface area contributed by atoms with E-state index in [4.69, 9.17) is 28.3 Å². The molecule has 8 heteroatoms. The molecule has 1 saturated heterocycles. The number of halogens is 2. The number of carbonyl (C=O) groups excluding carboxylic acids is 1. The van der Waals surface area contributed by atoms with Crippen molar-refractivity contribution in [2.24, 2.45) is 4.99 Å². The van der Waals surface area contributed by atoms with Crippen LogP contribution >= 0.6 is 35.0 Å². The smallest absolute Gasteiger partial charge is 0.335 e. The van der Waals surface area contributed by atoms with Crippen LogP contribution in [0.5, 0.6) is 0 Å². The van der Waals surface area contributed by atoms with Crippen LogP contribution in [0.25, 0.3) is 6.08 Å². The third-order valence-corrected chi connectivity index (χ3v) is 5.46. The number of likely N-dealkylation sites (N-methyl/N-ethyl adjacent to an activating group) is 1. The van der Waals surface area contributed by atoms with Crippen molar-refractivity contribution in [3.63, 3.8) is 0 Å². The largest absolute Gasteiger partial charge is 0.478 e. The van der Waals surface area contributed by atoms with E-state index >= 15 is 0 Å². The molecule has 1 N–H and O–H groups in total. The summed E-state index contributed by atoms with van der Waals surface area (Å²) in [5.74, 6) is -1.24. The Morgan fingerprint density at radius 2 is 1.89 bits per heavy atom. The van der Waals surface area contributed by atoms with Crippen LogP contribution in [0.1, 0.15) is 22.8 Å². The van der Waals surface area contributed by atoms with E-state index in [1.165, 1.54) is 28.8 Å². The quantitative estimate of drug-likeness (QED) is 0.679. The molecular formula is C19H14Cl2N2O3S.